The van der Waals surface area contributed by atoms with Gasteiger partial charge in [0.25, 0.3) is 0 Å². The minimum Gasteiger partial charge on any atom is -0.343 e. The summed E-state index contributed by atoms with van der Waals surface area (Å²) in [5, 5.41) is 0. The number of rotatable bonds is 4. The van der Waals surface area contributed by atoms with Crippen LogP contribution in [0.5, 0.6) is 0 Å². The molecule has 0 N–H and O–H groups in total. The molecule has 0 aliphatic carbocycles. The highest BCUT2D eigenvalue weighted by Crippen LogP contribution is 2.32. The maximum absolute atomic E-state index is 12.9. The van der Waals surface area contributed by atoms with Gasteiger partial charge >= 0.3 is 0 Å². The Hall–Kier alpha value is -2.62. The van der Waals surface area contributed by atoms with Crippen LogP contribution in [0.4, 0.5) is 0 Å². The number of hydrogen-bond acceptors (Lipinski definition) is 2. The summed E-state index contributed by atoms with van der Waals surface area (Å²) in [6.45, 7) is 3.91. The van der Waals surface area contributed by atoms with Gasteiger partial charge in [-0.3, -0.25) is 4.79 Å². The molecule has 0 bridgehead atoms. The van der Waals surface area contributed by atoms with Gasteiger partial charge in [-0.25, -0.2) is 4.98 Å². The smallest absolute Gasteiger partial charge is 0.223 e. The Morgan fingerprint density at radius 3 is 2.68 bits per heavy atom. The van der Waals surface area contributed by atoms with Crippen LogP contribution in [0.1, 0.15) is 42.0 Å². The van der Waals surface area contributed by atoms with Gasteiger partial charge in [-0.15, -0.1) is 0 Å². The Bertz CT molecular complexity index is 893. The third-order valence-corrected chi connectivity index (χ3v) is 5.20. The van der Waals surface area contributed by atoms with Crippen LogP contribution in [-0.2, 0) is 4.79 Å². The number of aromatic nitrogens is 2. The number of pyridine rings is 1. The second-order valence-corrected chi connectivity index (χ2v) is 6.81. The monoisotopic (exact) mass is 333 g/mol. The van der Waals surface area contributed by atoms with Crippen LogP contribution in [0.2, 0.25) is 0 Å². The SMILES string of the molecule is Cc1ccccc1C(CC(=O)N1CCCC1)c1cnc2ccccn12. The van der Waals surface area contributed by atoms with Gasteiger partial charge in [0.15, 0.2) is 0 Å². The minimum atomic E-state index is 0.0201. The molecule has 4 heteroatoms. The first kappa shape index (κ1) is 15.9. The second-order valence-electron chi connectivity index (χ2n) is 6.81. The molecule has 4 nitrogen and oxygen atoms in total. The highest BCUT2D eigenvalue weighted by atomic mass is 16.2. The van der Waals surface area contributed by atoms with E-state index in [2.05, 4.69) is 34.5 Å². The van der Waals surface area contributed by atoms with Crippen molar-refractivity contribution in [3.8, 4) is 0 Å². The maximum Gasteiger partial charge on any atom is 0.223 e. The standard InChI is InChI=1S/C21H23N3O/c1-16-8-2-3-9-17(16)18(14-21(25)23-11-6-7-12-23)19-15-22-20-10-4-5-13-24(19)20/h2-5,8-10,13,15,18H,6-7,11-12,14H2,1H3. The Kier molecular flexibility index (Phi) is 4.26. The molecule has 1 aliphatic rings. The summed E-state index contributed by atoms with van der Waals surface area (Å²) < 4.78 is 2.11. The van der Waals surface area contributed by atoms with Crippen LogP contribution in [0.25, 0.3) is 5.65 Å². The van der Waals surface area contributed by atoms with E-state index in [0.29, 0.717) is 6.42 Å². The van der Waals surface area contributed by atoms with Crippen molar-refractivity contribution in [2.45, 2.75) is 32.1 Å². The average molecular weight is 333 g/mol. The molecule has 4 rings (SSSR count). The van der Waals surface area contributed by atoms with E-state index in [1.54, 1.807) is 0 Å². The molecule has 1 fully saturated rings. The van der Waals surface area contributed by atoms with E-state index in [-0.39, 0.29) is 11.8 Å². The normalized spacial score (nSPS) is 15.6. The van der Waals surface area contributed by atoms with Crippen molar-refractivity contribution in [2.75, 3.05) is 13.1 Å². The van der Waals surface area contributed by atoms with Gasteiger partial charge in [0.05, 0.1) is 5.69 Å². The average Bonchev–Trinajstić information content (AvgIpc) is 3.30. The number of likely N-dealkylation sites (tertiary alicyclic amines) is 1. The minimum absolute atomic E-state index is 0.0201. The number of benzene rings is 1. The Balaban J connectivity index is 1.76. The van der Waals surface area contributed by atoms with E-state index < -0.39 is 0 Å². The summed E-state index contributed by atoms with van der Waals surface area (Å²) in [7, 11) is 0. The Morgan fingerprint density at radius 1 is 1.12 bits per heavy atom. The molecule has 2 aromatic heterocycles. The van der Waals surface area contributed by atoms with Crippen molar-refractivity contribution in [1.29, 1.82) is 0 Å². The summed E-state index contributed by atoms with van der Waals surface area (Å²) in [6.07, 6.45) is 6.69. The predicted molar refractivity (Wildman–Crippen MR) is 98.6 cm³/mol. The topological polar surface area (TPSA) is 37.6 Å². The molecule has 1 unspecified atom stereocenters. The van der Waals surface area contributed by atoms with E-state index in [1.165, 1.54) is 11.1 Å². The first-order valence-electron chi connectivity index (χ1n) is 8.99. The summed E-state index contributed by atoms with van der Waals surface area (Å²) in [4.78, 5) is 19.4. The van der Waals surface area contributed by atoms with Gasteiger partial charge in [-0.05, 0) is 43.0 Å². The highest BCUT2D eigenvalue weighted by molar-refractivity contribution is 5.78. The molecule has 0 saturated carbocycles. The molecule has 128 valence electrons. The summed E-state index contributed by atoms with van der Waals surface area (Å²) in [5.41, 5.74) is 4.43. The third-order valence-electron chi connectivity index (χ3n) is 5.20. The number of fused-ring (bicyclic) bond motifs is 1. The van der Waals surface area contributed by atoms with Crippen LogP contribution in [0.15, 0.2) is 54.9 Å². The zero-order valence-electron chi connectivity index (χ0n) is 14.6. The highest BCUT2D eigenvalue weighted by Gasteiger charge is 2.26. The van der Waals surface area contributed by atoms with Crippen LogP contribution >= 0.6 is 0 Å². The van der Waals surface area contributed by atoms with Gasteiger partial charge in [0, 0.05) is 37.8 Å². The van der Waals surface area contributed by atoms with Gasteiger partial charge in [0.2, 0.25) is 5.91 Å². The largest absolute Gasteiger partial charge is 0.343 e. The fourth-order valence-corrected chi connectivity index (χ4v) is 3.83. The molecule has 1 saturated heterocycles. The first-order valence-corrected chi connectivity index (χ1v) is 8.99. The molecule has 25 heavy (non-hydrogen) atoms. The lowest BCUT2D eigenvalue weighted by molar-refractivity contribution is -0.130. The maximum atomic E-state index is 12.9. The lowest BCUT2D eigenvalue weighted by atomic mass is 9.89. The van der Waals surface area contributed by atoms with Crippen molar-refractivity contribution in [1.82, 2.24) is 14.3 Å². The van der Waals surface area contributed by atoms with Crippen LogP contribution in [0.3, 0.4) is 0 Å². The van der Waals surface area contributed by atoms with E-state index in [1.807, 2.05) is 41.6 Å². The number of hydrogen-bond donors (Lipinski definition) is 0. The van der Waals surface area contributed by atoms with Crippen LogP contribution in [-0.4, -0.2) is 33.3 Å². The Morgan fingerprint density at radius 2 is 1.88 bits per heavy atom. The lowest BCUT2D eigenvalue weighted by Gasteiger charge is -2.22. The Labute approximate surface area is 148 Å². The number of amides is 1. The van der Waals surface area contributed by atoms with E-state index in [0.717, 1.165) is 37.3 Å². The van der Waals surface area contributed by atoms with Crippen LogP contribution < -0.4 is 0 Å². The van der Waals surface area contributed by atoms with Crippen LogP contribution in [0, 0.1) is 6.92 Å². The molecule has 1 amide bonds. The molecule has 1 atom stereocenters. The molecule has 1 aromatic carbocycles. The molecular weight excluding hydrogens is 310 g/mol. The zero-order valence-corrected chi connectivity index (χ0v) is 14.6. The van der Waals surface area contributed by atoms with Gasteiger partial charge in [-0.1, -0.05) is 30.3 Å². The molecule has 3 heterocycles. The van der Waals surface area contributed by atoms with Gasteiger partial charge in [0.1, 0.15) is 5.65 Å². The molecule has 0 radical (unpaired) electrons. The summed E-state index contributed by atoms with van der Waals surface area (Å²) in [6, 6.07) is 14.4. The molecular formula is C21H23N3O. The predicted octanol–water partition coefficient (Wildman–Crippen LogP) is 3.79. The van der Waals surface area contributed by atoms with E-state index in [4.69, 9.17) is 0 Å². The number of aryl methyl sites for hydroxylation is 1. The number of nitrogens with zero attached hydrogens (tertiary/aromatic N) is 3. The van der Waals surface area contributed by atoms with Crippen molar-refractivity contribution in [2.24, 2.45) is 0 Å². The third kappa shape index (κ3) is 3.04. The van der Waals surface area contributed by atoms with Crippen molar-refractivity contribution in [3.63, 3.8) is 0 Å². The quantitative estimate of drug-likeness (QED) is 0.728. The lowest BCUT2D eigenvalue weighted by Crippen LogP contribution is -2.29. The van der Waals surface area contributed by atoms with Crippen molar-refractivity contribution >= 4 is 11.6 Å². The number of imidazole rings is 1. The zero-order chi connectivity index (χ0) is 17.2. The fraction of sp³-hybridized carbons (Fsp3) is 0.333. The second kappa shape index (κ2) is 6.71. The first-order chi connectivity index (χ1) is 12.2. The van der Waals surface area contributed by atoms with Gasteiger partial charge in [-0.2, -0.15) is 0 Å². The van der Waals surface area contributed by atoms with Gasteiger partial charge < -0.3 is 9.30 Å². The molecule has 3 aromatic rings. The number of carbonyl (C=O) groups excluding carboxylic acids is 1. The molecule has 1 aliphatic heterocycles. The van der Waals surface area contributed by atoms with E-state index >= 15 is 0 Å². The fourth-order valence-electron chi connectivity index (χ4n) is 3.83. The summed E-state index contributed by atoms with van der Waals surface area (Å²) in [5.74, 6) is 0.267. The van der Waals surface area contributed by atoms with Crippen molar-refractivity contribution in [3.05, 3.63) is 71.7 Å². The van der Waals surface area contributed by atoms with Crippen molar-refractivity contribution < 1.29 is 4.79 Å². The molecule has 0 spiro atoms. The van der Waals surface area contributed by atoms with E-state index in [9.17, 15) is 4.79 Å². The summed E-state index contributed by atoms with van der Waals surface area (Å²) >= 11 is 0. The number of carbonyl (C=O) groups is 1.